The van der Waals surface area contributed by atoms with E-state index >= 15 is 0 Å². The average molecular weight is 551 g/mol. The molecule has 0 fully saturated rings. The van der Waals surface area contributed by atoms with Crippen molar-refractivity contribution in [3.63, 3.8) is 0 Å². The van der Waals surface area contributed by atoms with Gasteiger partial charge in [-0.05, 0) is 30.3 Å². The van der Waals surface area contributed by atoms with E-state index in [0.29, 0.717) is 6.61 Å². The van der Waals surface area contributed by atoms with Crippen molar-refractivity contribution in [2.75, 3.05) is 6.54 Å². The maximum Gasteiger partial charge on any atom is 0.490 e. The minimum absolute atomic E-state index is 0.132. The van der Waals surface area contributed by atoms with Crippen LogP contribution in [0.1, 0.15) is 17.0 Å². The van der Waals surface area contributed by atoms with E-state index in [4.69, 9.17) is 29.0 Å². The average Bonchev–Trinajstić information content (AvgIpc) is 3.47. The van der Waals surface area contributed by atoms with E-state index < -0.39 is 24.3 Å². The highest BCUT2D eigenvalue weighted by Gasteiger charge is 2.38. The second-order valence-electron chi connectivity index (χ2n) is 7.81. The molecule has 208 valence electrons. The number of nitrogens with zero attached hydrogens (tertiary/aromatic N) is 3. The maximum absolute atomic E-state index is 10.6. The molecule has 9 nitrogen and oxygen atoms in total. The Kier molecular flexibility index (Phi) is 10.9. The first-order valence-electron chi connectivity index (χ1n) is 10.7. The quantitative estimate of drug-likeness (QED) is 0.450. The molecule has 1 atom stereocenters. The number of aliphatic carboxylic acids is 2. The minimum atomic E-state index is -5.08. The number of halogens is 6. The Balaban J connectivity index is 0.000000301. The molecular weight excluding hydrogens is 528 g/mol. The molecule has 1 aliphatic heterocycles. The normalized spacial score (nSPS) is 15.7. The molecule has 15 heteroatoms. The Bertz CT molecular complexity index is 1110. The van der Waals surface area contributed by atoms with E-state index in [1.54, 1.807) is 12.5 Å². The largest absolute Gasteiger partial charge is 0.490 e. The van der Waals surface area contributed by atoms with E-state index in [-0.39, 0.29) is 6.10 Å². The second kappa shape index (κ2) is 13.6. The molecule has 2 N–H and O–H groups in total. The number of furan rings is 1. The lowest BCUT2D eigenvalue weighted by Crippen LogP contribution is -2.32. The lowest BCUT2D eigenvalue weighted by molar-refractivity contribution is -0.193. The number of carboxylic acids is 2. The van der Waals surface area contributed by atoms with Gasteiger partial charge in [-0.15, -0.1) is 0 Å². The van der Waals surface area contributed by atoms with Crippen molar-refractivity contribution in [3.05, 3.63) is 78.3 Å². The van der Waals surface area contributed by atoms with Crippen LogP contribution in [-0.4, -0.2) is 61.6 Å². The van der Waals surface area contributed by atoms with Crippen molar-refractivity contribution in [3.8, 4) is 0 Å². The Hall–Kier alpha value is -3.85. The Morgan fingerprint density at radius 1 is 1.00 bits per heavy atom. The van der Waals surface area contributed by atoms with Crippen molar-refractivity contribution in [1.82, 2.24) is 14.5 Å². The third kappa shape index (κ3) is 10.6. The highest BCUT2D eigenvalue weighted by molar-refractivity contribution is 5.73. The van der Waals surface area contributed by atoms with Crippen LogP contribution in [0.4, 0.5) is 26.3 Å². The third-order valence-corrected chi connectivity index (χ3v) is 4.84. The number of hydrogen-bond acceptors (Lipinski definition) is 6. The molecule has 0 aromatic carbocycles. The van der Waals surface area contributed by atoms with E-state index in [1.807, 2.05) is 30.5 Å². The van der Waals surface area contributed by atoms with Crippen molar-refractivity contribution >= 4 is 11.9 Å². The summed E-state index contributed by atoms with van der Waals surface area (Å²) >= 11 is 0. The molecule has 0 amide bonds. The van der Waals surface area contributed by atoms with Crippen LogP contribution in [0.3, 0.4) is 0 Å². The van der Waals surface area contributed by atoms with Gasteiger partial charge in [0.15, 0.2) is 0 Å². The molecule has 0 bridgehead atoms. The Morgan fingerprint density at radius 3 is 2.18 bits per heavy atom. The fourth-order valence-corrected chi connectivity index (χ4v) is 3.18. The molecule has 4 heterocycles. The van der Waals surface area contributed by atoms with Crippen molar-refractivity contribution in [2.24, 2.45) is 0 Å². The number of alkyl halides is 6. The number of carboxylic acid groups (broad SMARTS) is 2. The van der Waals surface area contributed by atoms with Crippen LogP contribution in [0.15, 0.2) is 65.7 Å². The van der Waals surface area contributed by atoms with Gasteiger partial charge in [0.25, 0.3) is 0 Å². The molecule has 3 aromatic heterocycles. The van der Waals surface area contributed by atoms with Crippen LogP contribution in [-0.2, 0) is 40.6 Å². The van der Waals surface area contributed by atoms with E-state index in [2.05, 4.69) is 32.8 Å². The molecule has 0 spiro atoms. The van der Waals surface area contributed by atoms with Crippen molar-refractivity contribution in [2.45, 2.75) is 44.7 Å². The van der Waals surface area contributed by atoms with E-state index in [0.717, 1.165) is 31.9 Å². The topological polar surface area (TPSA) is 118 Å². The molecule has 0 radical (unpaired) electrons. The van der Waals surface area contributed by atoms with Crippen molar-refractivity contribution < 1.29 is 55.3 Å². The fourth-order valence-electron chi connectivity index (χ4n) is 3.18. The lowest BCUT2D eigenvalue weighted by atomic mass is 10.2. The summed E-state index contributed by atoms with van der Waals surface area (Å²) < 4.78 is 77.1. The summed E-state index contributed by atoms with van der Waals surface area (Å²) in [4.78, 5) is 24.5. The van der Waals surface area contributed by atoms with Gasteiger partial charge in [-0.1, -0.05) is 6.07 Å². The first-order valence-corrected chi connectivity index (χ1v) is 10.7. The lowest BCUT2D eigenvalue weighted by Gasteiger charge is -2.23. The zero-order chi connectivity index (χ0) is 28.3. The number of aromatic nitrogens is 2. The molecular formula is C23H23F6N3O6. The van der Waals surface area contributed by atoms with Gasteiger partial charge in [-0.2, -0.15) is 26.3 Å². The summed E-state index contributed by atoms with van der Waals surface area (Å²) in [5.41, 5.74) is 3.48. The van der Waals surface area contributed by atoms with E-state index in [1.165, 1.54) is 11.3 Å². The van der Waals surface area contributed by atoms with Gasteiger partial charge in [0.1, 0.15) is 0 Å². The Morgan fingerprint density at radius 2 is 1.66 bits per heavy atom. The van der Waals surface area contributed by atoms with Crippen LogP contribution in [0.5, 0.6) is 0 Å². The predicted molar refractivity (Wildman–Crippen MR) is 117 cm³/mol. The highest BCUT2D eigenvalue weighted by atomic mass is 19.4. The monoisotopic (exact) mass is 551 g/mol. The Labute approximate surface area is 211 Å². The van der Waals surface area contributed by atoms with Crippen LogP contribution in [0.2, 0.25) is 0 Å². The molecule has 0 aliphatic carbocycles. The highest BCUT2D eigenvalue weighted by Crippen LogP contribution is 2.19. The molecule has 3 aromatic rings. The van der Waals surface area contributed by atoms with E-state index in [9.17, 15) is 26.3 Å². The third-order valence-electron chi connectivity index (χ3n) is 4.84. The summed E-state index contributed by atoms with van der Waals surface area (Å²) in [5.74, 6) is -5.51. The zero-order valence-corrected chi connectivity index (χ0v) is 19.5. The number of ether oxygens (including phenoxy) is 1. The van der Waals surface area contributed by atoms with Crippen LogP contribution in [0.25, 0.3) is 0 Å². The van der Waals surface area contributed by atoms with Gasteiger partial charge in [-0.3, -0.25) is 9.88 Å². The zero-order valence-electron chi connectivity index (χ0n) is 19.5. The van der Waals surface area contributed by atoms with Crippen molar-refractivity contribution in [1.29, 1.82) is 0 Å². The number of pyridine rings is 1. The van der Waals surface area contributed by atoms with Crippen LogP contribution >= 0.6 is 0 Å². The second-order valence-corrected chi connectivity index (χ2v) is 7.81. The number of hydrogen-bond donors (Lipinski definition) is 2. The molecule has 4 rings (SSSR count). The van der Waals surface area contributed by atoms with Gasteiger partial charge in [0.05, 0.1) is 30.9 Å². The van der Waals surface area contributed by atoms with Crippen LogP contribution in [0, 0.1) is 0 Å². The minimum Gasteiger partial charge on any atom is -0.475 e. The molecule has 1 unspecified atom stereocenters. The van der Waals surface area contributed by atoms with Gasteiger partial charge in [-0.25, -0.2) is 9.59 Å². The first-order chi connectivity index (χ1) is 17.8. The molecule has 0 saturated carbocycles. The maximum atomic E-state index is 10.6. The fraction of sp³-hybridized carbons (Fsp3) is 0.348. The summed E-state index contributed by atoms with van der Waals surface area (Å²) in [6.45, 7) is 4.09. The summed E-state index contributed by atoms with van der Waals surface area (Å²) in [6, 6.07) is 12.2. The summed E-state index contributed by atoms with van der Waals surface area (Å²) in [5, 5.41) is 14.2. The molecule has 1 aliphatic rings. The van der Waals surface area contributed by atoms with Gasteiger partial charge < -0.3 is 23.9 Å². The van der Waals surface area contributed by atoms with Gasteiger partial charge in [0.2, 0.25) is 0 Å². The molecule has 0 saturated heterocycles. The summed E-state index contributed by atoms with van der Waals surface area (Å²) in [7, 11) is 0. The van der Waals surface area contributed by atoms with Gasteiger partial charge >= 0.3 is 24.3 Å². The number of carbonyl (C=O) groups is 2. The van der Waals surface area contributed by atoms with Gasteiger partial charge in [0, 0.05) is 49.8 Å². The number of fused-ring (bicyclic) bond motifs is 1. The smallest absolute Gasteiger partial charge is 0.475 e. The molecule has 38 heavy (non-hydrogen) atoms. The summed E-state index contributed by atoms with van der Waals surface area (Å²) in [6.07, 6.45) is -2.56. The predicted octanol–water partition coefficient (Wildman–Crippen LogP) is 4.34. The first kappa shape index (κ1) is 30.4. The standard InChI is InChI=1S/C19H21N3O2.2C2HF3O2/c1-2-7-20-17(4-1)15-24-19-12-21(10-16-6-9-23-14-16)11-18-5-3-8-22(18)13-19;2*3-2(4,5)1(6)7/h1-9,14,19H,10-13,15H2;2*(H,6,7). The SMILES string of the molecule is O=C(O)C(F)(F)F.O=C(O)C(F)(F)F.c1ccc(COC2CN(Cc3ccoc3)Cc3cccn3C2)nc1. The van der Waals surface area contributed by atoms with Crippen LogP contribution < -0.4 is 0 Å². The number of rotatable bonds is 5.